The maximum Gasteiger partial charge on any atom is 0.364 e. The molecule has 0 spiro atoms. The summed E-state index contributed by atoms with van der Waals surface area (Å²) in [6.07, 6.45) is 1.88. The Bertz CT molecular complexity index is 793. The van der Waals surface area contributed by atoms with Crippen molar-refractivity contribution in [2.75, 3.05) is 0 Å². The van der Waals surface area contributed by atoms with Crippen molar-refractivity contribution in [2.24, 2.45) is 0 Å². The zero-order valence-electron chi connectivity index (χ0n) is 13.0. The molecule has 1 saturated carbocycles. The number of halogens is 1. The molecule has 1 N–H and O–H groups in total. The molecule has 0 radical (unpaired) electrons. The minimum atomic E-state index is -0.335. The molecule has 1 aromatic carbocycles. The fourth-order valence-electron chi connectivity index (χ4n) is 2.56. The number of amides is 1. The summed E-state index contributed by atoms with van der Waals surface area (Å²) >= 11 is 5.94. The molecule has 1 atom stereocenters. The SMILES string of the molecule is Cc1cc(Cl)ccc1[C@H](C)NC(=O)Cn1nnn(C2CC2)c1=O. The van der Waals surface area contributed by atoms with Gasteiger partial charge in [-0.25, -0.2) is 4.79 Å². The second kappa shape index (κ2) is 6.16. The van der Waals surface area contributed by atoms with Gasteiger partial charge in [-0.3, -0.25) is 4.79 Å². The molecular formula is C15H18ClN5O2. The van der Waals surface area contributed by atoms with E-state index in [-0.39, 0.29) is 30.2 Å². The number of hydrogen-bond donors (Lipinski definition) is 1. The highest BCUT2D eigenvalue weighted by Gasteiger charge is 2.28. The first-order valence-electron chi connectivity index (χ1n) is 7.53. The zero-order valence-corrected chi connectivity index (χ0v) is 13.7. The molecule has 0 aliphatic heterocycles. The van der Waals surface area contributed by atoms with E-state index in [1.54, 1.807) is 6.07 Å². The van der Waals surface area contributed by atoms with Gasteiger partial charge in [-0.05, 0) is 60.4 Å². The van der Waals surface area contributed by atoms with Gasteiger partial charge < -0.3 is 5.32 Å². The quantitative estimate of drug-likeness (QED) is 0.900. The van der Waals surface area contributed by atoms with Crippen LogP contribution < -0.4 is 11.0 Å². The molecule has 0 bridgehead atoms. The minimum absolute atomic E-state index is 0.136. The maximum atomic E-state index is 12.1. The van der Waals surface area contributed by atoms with Crippen molar-refractivity contribution in [1.29, 1.82) is 0 Å². The van der Waals surface area contributed by atoms with Crippen LogP contribution in [-0.2, 0) is 11.3 Å². The highest BCUT2D eigenvalue weighted by atomic mass is 35.5. The van der Waals surface area contributed by atoms with Crippen LogP contribution in [0.2, 0.25) is 5.02 Å². The van der Waals surface area contributed by atoms with Crippen LogP contribution in [0.5, 0.6) is 0 Å². The van der Waals surface area contributed by atoms with Crippen LogP contribution in [0.25, 0.3) is 0 Å². The number of carbonyl (C=O) groups excluding carboxylic acids is 1. The number of rotatable bonds is 5. The van der Waals surface area contributed by atoms with Crippen molar-refractivity contribution in [2.45, 2.75) is 45.3 Å². The lowest BCUT2D eigenvalue weighted by atomic mass is 10.0. The van der Waals surface area contributed by atoms with Gasteiger partial charge in [-0.15, -0.1) is 0 Å². The van der Waals surface area contributed by atoms with Crippen LogP contribution in [0.1, 0.15) is 43.0 Å². The smallest absolute Gasteiger partial charge is 0.348 e. The Kier molecular flexibility index (Phi) is 4.21. The normalized spacial score (nSPS) is 15.4. The van der Waals surface area contributed by atoms with Crippen LogP contribution in [-0.4, -0.2) is 25.7 Å². The number of aryl methyl sites for hydroxylation is 1. The lowest BCUT2D eigenvalue weighted by molar-refractivity contribution is -0.122. The van der Waals surface area contributed by atoms with Crippen LogP contribution in [0.4, 0.5) is 0 Å². The fraction of sp³-hybridized carbons (Fsp3) is 0.467. The third-order valence-corrected chi connectivity index (χ3v) is 4.16. The summed E-state index contributed by atoms with van der Waals surface area (Å²) in [6.45, 7) is 3.69. The van der Waals surface area contributed by atoms with E-state index in [0.717, 1.165) is 28.7 Å². The first-order valence-corrected chi connectivity index (χ1v) is 7.91. The Hall–Kier alpha value is -2.15. The summed E-state index contributed by atoms with van der Waals surface area (Å²) in [5.41, 5.74) is 1.65. The first-order chi connectivity index (χ1) is 11.0. The molecule has 1 fully saturated rings. The molecule has 2 aromatic rings. The van der Waals surface area contributed by atoms with E-state index in [0.29, 0.717) is 5.02 Å². The summed E-state index contributed by atoms with van der Waals surface area (Å²) in [7, 11) is 0. The number of carbonyl (C=O) groups is 1. The van der Waals surface area contributed by atoms with Gasteiger partial charge >= 0.3 is 5.69 Å². The predicted octanol–water partition coefficient (Wildman–Crippen LogP) is 1.61. The van der Waals surface area contributed by atoms with Gasteiger partial charge in [0.25, 0.3) is 0 Å². The third-order valence-electron chi connectivity index (χ3n) is 3.92. The van der Waals surface area contributed by atoms with E-state index in [9.17, 15) is 9.59 Å². The molecule has 1 heterocycles. The molecule has 23 heavy (non-hydrogen) atoms. The molecule has 7 nitrogen and oxygen atoms in total. The van der Waals surface area contributed by atoms with E-state index in [1.807, 2.05) is 26.0 Å². The summed E-state index contributed by atoms with van der Waals surface area (Å²) < 4.78 is 2.44. The van der Waals surface area contributed by atoms with Crippen molar-refractivity contribution >= 4 is 17.5 Å². The largest absolute Gasteiger partial charge is 0.364 e. The first kappa shape index (κ1) is 15.7. The Labute approximate surface area is 138 Å². The molecule has 1 amide bonds. The molecular weight excluding hydrogens is 318 g/mol. The summed E-state index contributed by atoms with van der Waals surface area (Å²) in [4.78, 5) is 24.2. The molecule has 122 valence electrons. The van der Waals surface area contributed by atoms with Gasteiger partial charge in [-0.1, -0.05) is 17.7 Å². The molecule has 0 unspecified atom stereocenters. The summed E-state index contributed by atoms with van der Waals surface area (Å²) in [5, 5.41) is 11.1. The van der Waals surface area contributed by atoms with Crippen LogP contribution in [0.3, 0.4) is 0 Å². The van der Waals surface area contributed by atoms with Gasteiger partial charge in [0.2, 0.25) is 5.91 Å². The number of tetrazole rings is 1. The van der Waals surface area contributed by atoms with Crippen molar-refractivity contribution in [3.8, 4) is 0 Å². The van der Waals surface area contributed by atoms with Crippen LogP contribution in [0.15, 0.2) is 23.0 Å². The summed E-state index contributed by atoms with van der Waals surface area (Å²) in [5.74, 6) is -0.281. The van der Waals surface area contributed by atoms with Gasteiger partial charge in [0.05, 0.1) is 12.1 Å². The van der Waals surface area contributed by atoms with Crippen molar-refractivity contribution in [3.63, 3.8) is 0 Å². The monoisotopic (exact) mass is 335 g/mol. The number of aromatic nitrogens is 4. The van der Waals surface area contributed by atoms with E-state index in [4.69, 9.17) is 11.6 Å². The Morgan fingerprint density at radius 1 is 1.43 bits per heavy atom. The van der Waals surface area contributed by atoms with E-state index < -0.39 is 0 Å². The maximum absolute atomic E-state index is 12.1. The predicted molar refractivity (Wildman–Crippen MR) is 85.3 cm³/mol. The molecule has 0 saturated heterocycles. The molecule has 1 aromatic heterocycles. The Morgan fingerprint density at radius 3 is 2.83 bits per heavy atom. The second-order valence-corrected chi connectivity index (χ2v) is 6.32. The van der Waals surface area contributed by atoms with E-state index >= 15 is 0 Å². The average Bonchev–Trinajstić information content (AvgIpc) is 3.25. The zero-order chi connectivity index (χ0) is 16.6. The third kappa shape index (κ3) is 3.44. The second-order valence-electron chi connectivity index (χ2n) is 5.88. The summed E-state index contributed by atoms with van der Waals surface area (Å²) in [6, 6.07) is 5.49. The fourth-order valence-corrected chi connectivity index (χ4v) is 2.79. The van der Waals surface area contributed by atoms with Gasteiger partial charge in [0.15, 0.2) is 0 Å². The number of hydrogen-bond acceptors (Lipinski definition) is 4. The Balaban J connectivity index is 1.66. The number of nitrogens with one attached hydrogen (secondary N) is 1. The number of benzene rings is 1. The lowest BCUT2D eigenvalue weighted by Crippen LogP contribution is -2.35. The lowest BCUT2D eigenvalue weighted by Gasteiger charge is -2.16. The topological polar surface area (TPSA) is 81.8 Å². The standard InChI is InChI=1S/C15H18ClN5O2/c1-9-7-11(16)3-6-13(9)10(2)17-14(22)8-20-15(23)21(19-18-20)12-4-5-12/h3,6-7,10,12H,4-5,8H2,1-2H3,(H,17,22)/t10-/m0/s1. The molecule has 3 rings (SSSR count). The van der Waals surface area contributed by atoms with E-state index in [2.05, 4.69) is 15.7 Å². The molecule has 1 aliphatic carbocycles. The van der Waals surface area contributed by atoms with Gasteiger partial charge in [-0.2, -0.15) is 9.36 Å². The number of nitrogens with zero attached hydrogens (tertiary/aromatic N) is 4. The van der Waals surface area contributed by atoms with Gasteiger partial charge in [0, 0.05) is 5.02 Å². The molecule has 8 heteroatoms. The Morgan fingerprint density at radius 2 is 2.17 bits per heavy atom. The van der Waals surface area contributed by atoms with Crippen molar-refractivity contribution in [1.82, 2.24) is 25.1 Å². The van der Waals surface area contributed by atoms with Crippen LogP contribution >= 0.6 is 11.6 Å². The minimum Gasteiger partial charge on any atom is -0.348 e. The van der Waals surface area contributed by atoms with Crippen molar-refractivity contribution in [3.05, 3.63) is 44.8 Å². The average molecular weight is 336 g/mol. The van der Waals surface area contributed by atoms with Gasteiger partial charge in [0.1, 0.15) is 6.54 Å². The highest BCUT2D eigenvalue weighted by Crippen LogP contribution is 2.32. The van der Waals surface area contributed by atoms with Crippen molar-refractivity contribution < 1.29 is 4.79 Å². The highest BCUT2D eigenvalue weighted by molar-refractivity contribution is 6.30. The van der Waals surface area contributed by atoms with E-state index in [1.165, 1.54) is 4.68 Å². The molecule has 1 aliphatic rings. The van der Waals surface area contributed by atoms with Crippen LogP contribution in [0, 0.1) is 6.92 Å².